The summed E-state index contributed by atoms with van der Waals surface area (Å²) in [4.78, 5) is 20.0. The molecule has 6 nitrogen and oxygen atoms in total. The number of fused-ring (bicyclic) bond motifs is 1. The van der Waals surface area contributed by atoms with Gasteiger partial charge in [0.1, 0.15) is 17.9 Å². The van der Waals surface area contributed by atoms with E-state index in [1.54, 1.807) is 6.92 Å². The summed E-state index contributed by atoms with van der Waals surface area (Å²) >= 11 is 0. The van der Waals surface area contributed by atoms with Crippen LogP contribution in [0.1, 0.15) is 19.5 Å². The Kier molecular flexibility index (Phi) is 3.43. The Hall–Kier alpha value is -2.63. The summed E-state index contributed by atoms with van der Waals surface area (Å²) in [6.45, 7) is 3.76. The fourth-order valence-electron chi connectivity index (χ4n) is 2.09. The first-order valence-electron chi connectivity index (χ1n) is 6.85. The number of aryl methyl sites for hydroxylation is 1. The van der Waals surface area contributed by atoms with Crippen LogP contribution in [0.3, 0.4) is 0 Å². The lowest BCUT2D eigenvalue weighted by Crippen LogP contribution is -2.34. The maximum absolute atomic E-state index is 11.6. The monoisotopic (exact) mass is 284 g/mol. The van der Waals surface area contributed by atoms with Crippen molar-refractivity contribution in [3.05, 3.63) is 36.3 Å². The Labute approximate surface area is 122 Å². The van der Waals surface area contributed by atoms with Gasteiger partial charge in [0.2, 0.25) is 0 Å². The Bertz CT molecular complexity index is 687. The normalized spacial score (nSPS) is 16.7. The number of anilines is 3. The van der Waals surface area contributed by atoms with Crippen molar-refractivity contribution in [2.24, 2.45) is 0 Å². The molecule has 2 aromatic rings. The maximum atomic E-state index is 11.6. The van der Waals surface area contributed by atoms with E-state index in [0.29, 0.717) is 11.4 Å². The molecule has 0 saturated carbocycles. The molecule has 1 aliphatic heterocycles. The molecule has 0 spiro atoms. The van der Waals surface area contributed by atoms with Crippen LogP contribution in [-0.2, 0) is 11.2 Å². The molecule has 1 aliphatic rings. The van der Waals surface area contributed by atoms with Crippen LogP contribution in [0.25, 0.3) is 0 Å². The van der Waals surface area contributed by atoms with E-state index < -0.39 is 6.10 Å². The maximum Gasteiger partial charge on any atom is 0.265 e. The first-order valence-corrected chi connectivity index (χ1v) is 6.85. The molecule has 0 saturated heterocycles. The summed E-state index contributed by atoms with van der Waals surface area (Å²) in [5.74, 6) is 1.25. The summed E-state index contributed by atoms with van der Waals surface area (Å²) in [5.41, 5.74) is 2.46. The number of amides is 1. The molecule has 108 valence electrons. The fraction of sp³-hybridized carbons (Fsp3) is 0.267. The number of nitrogens with zero attached hydrogens (tertiary/aromatic N) is 2. The van der Waals surface area contributed by atoms with Gasteiger partial charge in [-0.1, -0.05) is 6.92 Å². The van der Waals surface area contributed by atoms with Crippen molar-refractivity contribution < 1.29 is 9.53 Å². The third-order valence-corrected chi connectivity index (χ3v) is 3.27. The van der Waals surface area contributed by atoms with Crippen LogP contribution in [0, 0.1) is 0 Å². The molecule has 0 aliphatic carbocycles. The minimum absolute atomic E-state index is 0.144. The second kappa shape index (κ2) is 5.40. The molecule has 1 aromatic carbocycles. The molecular formula is C15H16N4O2. The van der Waals surface area contributed by atoms with Crippen LogP contribution in [0.15, 0.2) is 30.6 Å². The number of carbonyl (C=O) groups is 1. The molecule has 1 aromatic heterocycles. The van der Waals surface area contributed by atoms with Crippen molar-refractivity contribution in [1.82, 2.24) is 9.97 Å². The number of hydrogen-bond donors (Lipinski definition) is 2. The number of hydrogen-bond acceptors (Lipinski definition) is 5. The van der Waals surface area contributed by atoms with E-state index in [-0.39, 0.29) is 5.91 Å². The Balaban J connectivity index is 1.84. The van der Waals surface area contributed by atoms with Gasteiger partial charge in [-0.3, -0.25) is 4.79 Å². The van der Waals surface area contributed by atoms with Crippen LogP contribution in [0.5, 0.6) is 5.75 Å². The molecule has 0 radical (unpaired) electrons. The van der Waals surface area contributed by atoms with Crippen LogP contribution >= 0.6 is 0 Å². The number of aromatic nitrogens is 2. The van der Waals surface area contributed by atoms with E-state index in [2.05, 4.69) is 20.6 Å². The number of nitrogens with one attached hydrogen (secondary N) is 2. The minimum atomic E-state index is -0.467. The Morgan fingerprint density at radius 1 is 1.33 bits per heavy atom. The number of carbonyl (C=O) groups excluding carboxylic acids is 1. The van der Waals surface area contributed by atoms with Crippen molar-refractivity contribution in [2.75, 3.05) is 10.6 Å². The van der Waals surface area contributed by atoms with Gasteiger partial charge < -0.3 is 15.4 Å². The molecule has 21 heavy (non-hydrogen) atoms. The van der Waals surface area contributed by atoms with E-state index >= 15 is 0 Å². The average Bonchev–Trinajstić information content (AvgIpc) is 2.49. The first kappa shape index (κ1) is 13.4. The standard InChI is InChI=1S/C15H16N4O2/c1-3-10-7-14(17-8-16-10)18-11-4-5-13-12(6-11)19-15(20)9(2)21-13/h4-9H,3H2,1-2H3,(H,19,20)(H,16,17,18). The smallest absolute Gasteiger partial charge is 0.265 e. The predicted octanol–water partition coefficient (Wildman–Crippen LogP) is 2.50. The molecular weight excluding hydrogens is 268 g/mol. The van der Waals surface area contributed by atoms with Crippen molar-refractivity contribution in [3.63, 3.8) is 0 Å². The zero-order chi connectivity index (χ0) is 14.8. The van der Waals surface area contributed by atoms with Gasteiger partial charge in [-0.05, 0) is 31.5 Å². The third-order valence-electron chi connectivity index (χ3n) is 3.27. The highest BCUT2D eigenvalue weighted by Crippen LogP contribution is 2.32. The highest BCUT2D eigenvalue weighted by molar-refractivity contribution is 5.98. The van der Waals surface area contributed by atoms with Gasteiger partial charge in [0.25, 0.3) is 5.91 Å². The van der Waals surface area contributed by atoms with E-state index in [1.165, 1.54) is 6.33 Å². The quantitative estimate of drug-likeness (QED) is 0.905. The van der Waals surface area contributed by atoms with Crippen molar-refractivity contribution in [3.8, 4) is 5.75 Å². The van der Waals surface area contributed by atoms with Gasteiger partial charge in [0, 0.05) is 17.4 Å². The molecule has 0 fully saturated rings. The topological polar surface area (TPSA) is 76.1 Å². The zero-order valence-corrected chi connectivity index (χ0v) is 11.9. The molecule has 3 rings (SSSR count). The predicted molar refractivity (Wildman–Crippen MR) is 79.9 cm³/mol. The number of benzene rings is 1. The number of rotatable bonds is 3. The highest BCUT2D eigenvalue weighted by Gasteiger charge is 2.23. The molecule has 6 heteroatoms. The molecule has 1 atom stereocenters. The minimum Gasteiger partial charge on any atom is -0.479 e. The SMILES string of the molecule is CCc1cc(Nc2ccc3c(c2)NC(=O)C(C)O3)ncn1. The van der Waals surface area contributed by atoms with Gasteiger partial charge in [0.05, 0.1) is 5.69 Å². The molecule has 1 amide bonds. The third kappa shape index (κ3) is 2.79. The zero-order valence-electron chi connectivity index (χ0n) is 11.9. The summed E-state index contributed by atoms with van der Waals surface area (Å²) in [7, 11) is 0. The summed E-state index contributed by atoms with van der Waals surface area (Å²) in [5, 5.41) is 6.02. The molecule has 2 heterocycles. The lowest BCUT2D eigenvalue weighted by atomic mass is 10.2. The van der Waals surface area contributed by atoms with Gasteiger partial charge >= 0.3 is 0 Å². The Morgan fingerprint density at radius 2 is 2.19 bits per heavy atom. The first-order chi connectivity index (χ1) is 10.2. The largest absolute Gasteiger partial charge is 0.479 e. The van der Waals surface area contributed by atoms with E-state index in [9.17, 15) is 4.79 Å². The summed E-state index contributed by atoms with van der Waals surface area (Å²) in [6.07, 6.45) is 1.92. The second-order valence-electron chi connectivity index (χ2n) is 4.83. The van der Waals surface area contributed by atoms with Crippen molar-refractivity contribution in [2.45, 2.75) is 26.4 Å². The lowest BCUT2D eigenvalue weighted by molar-refractivity contribution is -0.122. The average molecular weight is 284 g/mol. The summed E-state index contributed by atoms with van der Waals surface area (Å²) in [6, 6.07) is 7.44. The van der Waals surface area contributed by atoms with Crippen LogP contribution < -0.4 is 15.4 Å². The van der Waals surface area contributed by atoms with Crippen LogP contribution in [0.2, 0.25) is 0 Å². The Morgan fingerprint density at radius 3 is 3.00 bits per heavy atom. The van der Waals surface area contributed by atoms with Gasteiger partial charge in [-0.15, -0.1) is 0 Å². The fourth-order valence-corrected chi connectivity index (χ4v) is 2.09. The second-order valence-corrected chi connectivity index (χ2v) is 4.83. The lowest BCUT2D eigenvalue weighted by Gasteiger charge is -2.23. The van der Waals surface area contributed by atoms with Crippen molar-refractivity contribution >= 4 is 23.1 Å². The van der Waals surface area contributed by atoms with E-state index in [4.69, 9.17) is 4.74 Å². The van der Waals surface area contributed by atoms with Gasteiger partial charge in [0.15, 0.2) is 6.10 Å². The van der Waals surface area contributed by atoms with E-state index in [0.717, 1.165) is 23.6 Å². The van der Waals surface area contributed by atoms with Gasteiger partial charge in [-0.2, -0.15) is 0 Å². The molecule has 1 unspecified atom stereocenters. The van der Waals surface area contributed by atoms with Crippen molar-refractivity contribution in [1.29, 1.82) is 0 Å². The molecule has 0 bridgehead atoms. The molecule has 2 N–H and O–H groups in total. The van der Waals surface area contributed by atoms with Crippen LogP contribution in [0.4, 0.5) is 17.2 Å². The highest BCUT2D eigenvalue weighted by atomic mass is 16.5. The number of ether oxygens (including phenoxy) is 1. The van der Waals surface area contributed by atoms with E-state index in [1.807, 2.05) is 31.2 Å². The van der Waals surface area contributed by atoms with Gasteiger partial charge in [-0.25, -0.2) is 9.97 Å². The summed E-state index contributed by atoms with van der Waals surface area (Å²) < 4.78 is 5.52. The van der Waals surface area contributed by atoms with Crippen LogP contribution in [-0.4, -0.2) is 22.0 Å².